The predicted molar refractivity (Wildman–Crippen MR) is 94.9 cm³/mol. The molecule has 1 aromatic heterocycles. The molecule has 2 aromatic rings. The number of aryl methyl sites for hydroxylation is 1. The molecule has 1 saturated heterocycles. The number of hydrogen-bond donors (Lipinski definition) is 2. The topological polar surface area (TPSA) is 84.0 Å². The first kappa shape index (κ1) is 16.2. The van der Waals surface area contributed by atoms with Crippen molar-refractivity contribution in [1.82, 2.24) is 9.97 Å². The van der Waals surface area contributed by atoms with Crippen molar-refractivity contribution in [2.75, 3.05) is 22.1 Å². The molecule has 1 atom stereocenters. The number of rotatable bonds is 4. The van der Waals surface area contributed by atoms with E-state index >= 15 is 0 Å². The van der Waals surface area contributed by atoms with Crippen LogP contribution in [-0.2, 0) is 9.84 Å². The van der Waals surface area contributed by atoms with Crippen molar-refractivity contribution in [3.8, 4) is 0 Å². The van der Waals surface area contributed by atoms with E-state index in [2.05, 4.69) is 36.5 Å². The molecule has 0 spiro atoms. The number of nitrogens with zero attached hydrogens (tertiary/aromatic N) is 2. The zero-order valence-corrected chi connectivity index (χ0v) is 15.0. The quantitative estimate of drug-likeness (QED) is 0.826. The Balaban J connectivity index is 1.71. The molecule has 1 aliphatic heterocycles. The SMILES string of the molecule is Cc1cc(Nc2cc(NC3CCS(=O)(=O)C3)ncn2)ccc1Br. The van der Waals surface area contributed by atoms with Gasteiger partial charge in [-0.15, -0.1) is 0 Å². The average molecular weight is 397 g/mol. The summed E-state index contributed by atoms with van der Waals surface area (Å²) in [6.07, 6.45) is 2.07. The van der Waals surface area contributed by atoms with Gasteiger partial charge in [0.25, 0.3) is 0 Å². The van der Waals surface area contributed by atoms with E-state index in [9.17, 15) is 8.42 Å². The molecule has 0 saturated carbocycles. The molecule has 0 amide bonds. The lowest BCUT2D eigenvalue weighted by Gasteiger charge is -2.13. The Bertz CT molecular complexity index is 826. The lowest BCUT2D eigenvalue weighted by molar-refractivity contribution is 0.602. The third kappa shape index (κ3) is 4.20. The van der Waals surface area contributed by atoms with Crippen LogP contribution >= 0.6 is 15.9 Å². The Morgan fingerprint density at radius 1 is 1.22 bits per heavy atom. The largest absolute Gasteiger partial charge is 0.366 e. The normalized spacial score (nSPS) is 19.5. The van der Waals surface area contributed by atoms with Gasteiger partial charge in [-0.1, -0.05) is 15.9 Å². The van der Waals surface area contributed by atoms with Gasteiger partial charge in [0.05, 0.1) is 11.5 Å². The zero-order valence-electron chi connectivity index (χ0n) is 12.6. The zero-order chi connectivity index (χ0) is 16.4. The van der Waals surface area contributed by atoms with E-state index in [0.29, 0.717) is 18.1 Å². The van der Waals surface area contributed by atoms with E-state index in [1.54, 1.807) is 6.07 Å². The van der Waals surface area contributed by atoms with Gasteiger partial charge < -0.3 is 10.6 Å². The minimum absolute atomic E-state index is 0.0855. The number of hydrogen-bond acceptors (Lipinski definition) is 6. The first-order valence-electron chi connectivity index (χ1n) is 7.23. The van der Waals surface area contributed by atoms with Crippen molar-refractivity contribution in [3.63, 3.8) is 0 Å². The van der Waals surface area contributed by atoms with Crippen LogP contribution in [0.5, 0.6) is 0 Å². The second kappa shape index (κ2) is 6.45. The summed E-state index contributed by atoms with van der Waals surface area (Å²) < 4.78 is 24.1. The fraction of sp³-hybridized carbons (Fsp3) is 0.333. The monoisotopic (exact) mass is 396 g/mol. The smallest absolute Gasteiger partial charge is 0.152 e. The van der Waals surface area contributed by atoms with Gasteiger partial charge >= 0.3 is 0 Å². The highest BCUT2D eigenvalue weighted by Crippen LogP contribution is 2.23. The molecule has 122 valence electrons. The highest BCUT2D eigenvalue weighted by atomic mass is 79.9. The summed E-state index contributed by atoms with van der Waals surface area (Å²) in [5.74, 6) is 1.67. The lowest BCUT2D eigenvalue weighted by Crippen LogP contribution is -2.21. The Morgan fingerprint density at radius 3 is 2.70 bits per heavy atom. The lowest BCUT2D eigenvalue weighted by atomic mass is 10.2. The molecular formula is C15H17BrN4O2S. The Labute approximate surface area is 143 Å². The van der Waals surface area contributed by atoms with E-state index in [1.165, 1.54) is 6.33 Å². The number of anilines is 3. The number of sulfone groups is 1. The molecule has 0 bridgehead atoms. The molecule has 8 heteroatoms. The van der Waals surface area contributed by atoms with E-state index in [4.69, 9.17) is 0 Å². The van der Waals surface area contributed by atoms with Gasteiger partial charge in [-0.3, -0.25) is 0 Å². The third-order valence-electron chi connectivity index (χ3n) is 3.68. The Hall–Kier alpha value is -1.67. The van der Waals surface area contributed by atoms with Gasteiger partial charge in [0.1, 0.15) is 18.0 Å². The van der Waals surface area contributed by atoms with E-state index in [0.717, 1.165) is 15.7 Å². The Morgan fingerprint density at radius 2 is 2.00 bits per heavy atom. The molecular weight excluding hydrogens is 380 g/mol. The second-order valence-corrected chi connectivity index (χ2v) is 8.70. The molecule has 2 heterocycles. The molecule has 1 aliphatic rings. The van der Waals surface area contributed by atoms with Crippen LogP contribution in [0.1, 0.15) is 12.0 Å². The highest BCUT2D eigenvalue weighted by molar-refractivity contribution is 9.10. The molecule has 1 aromatic carbocycles. The van der Waals surface area contributed by atoms with Crippen LogP contribution < -0.4 is 10.6 Å². The first-order valence-corrected chi connectivity index (χ1v) is 9.85. The summed E-state index contributed by atoms with van der Waals surface area (Å²) in [7, 11) is -2.91. The maximum Gasteiger partial charge on any atom is 0.152 e. The summed E-state index contributed by atoms with van der Waals surface area (Å²) >= 11 is 3.47. The van der Waals surface area contributed by atoms with Gasteiger partial charge in [-0.05, 0) is 37.1 Å². The number of benzene rings is 1. The summed E-state index contributed by atoms with van der Waals surface area (Å²) in [6.45, 7) is 2.02. The van der Waals surface area contributed by atoms with Crippen LogP contribution in [0.25, 0.3) is 0 Å². The van der Waals surface area contributed by atoms with Gasteiger partial charge in [0.2, 0.25) is 0 Å². The van der Waals surface area contributed by atoms with E-state index in [-0.39, 0.29) is 17.5 Å². The first-order chi connectivity index (χ1) is 10.9. The molecule has 6 nitrogen and oxygen atoms in total. The average Bonchev–Trinajstić information content (AvgIpc) is 2.82. The van der Waals surface area contributed by atoms with Crippen molar-refractivity contribution in [3.05, 3.63) is 40.6 Å². The third-order valence-corrected chi connectivity index (χ3v) is 6.34. The van der Waals surface area contributed by atoms with Crippen LogP contribution in [0.15, 0.2) is 35.1 Å². The van der Waals surface area contributed by atoms with Crippen LogP contribution in [0.2, 0.25) is 0 Å². The molecule has 0 radical (unpaired) electrons. The van der Waals surface area contributed by atoms with Gasteiger partial charge in [-0.2, -0.15) is 0 Å². The fourth-order valence-electron chi connectivity index (χ4n) is 2.49. The summed E-state index contributed by atoms with van der Waals surface area (Å²) in [6, 6.07) is 7.64. The van der Waals surface area contributed by atoms with Crippen molar-refractivity contribution in [2.24, 2.45) is 0 Å². The number of halogens is 1. The Kier molecular flexibility index (Phi) is 4.54. The second-order valence-electron chi connectivity index (χ2n) is 5.62. The minimum Gasteiger partial charge on any atom is -0.366 e. The van der Waals surface area contributed by atoms with Crippen molar-refractivity contribution in [2.45, 2.75) is 19.4 Å². The molecule has 0 aliphatic carbocycles. The number of aromatic nitrogens is 2. The molecule has 2 N–H and O–H groups in total. The standard InChI is InChI=1S/C15H17BrN4O2S/c1-10-6-11(2-3-13(10)16)19-14-7-15(18-9-17-14)20-12-4-5-23(21,22)8-12/h2-3,6-7,9,12H,4-5,8H2,1H3,(H2,17,18,19,20). The summed E-state index contributed by atoms with van der Waals surface area (Å²) in [4.78, 5) is 8.36. The van der Waals surface area contributed by atoms with Crippen molar-refractivity contribution >= 4 is 43.1 Å². The maximum absolute atomic E-state index is 11.5. The molecule has 23 heavy (non-hydrogen) atoms. The van der Waals surface area contributed by atoms with Crippen LogP contribution in [0.3, 0.4) is 0 Å². The van der Waals surface area contributed by atoms with Gasteiger partial charge in [0.15, 0.2) is 9.84 Å². The van der Waals surface area contributed by atoms with Crippen LogP contribution in [-0.4, -0.2) is 35.9 Å². The molecule has 1 fully saturated rings. The van der Waals surface area contributed by atoms with Crippen LogP contribution in [0, 0.1) is 6.92 Å². The highest BCUT2D eigenvalue weighted by Gasteiger charge is 2.27. The fourth-order valence-corrected chi connectivity index (χ4v) is 4.41. The van der Waals surface area contributed by atoms with E-state index in [1.807, 2.05) is 25.1 Å². The maximum atomic E-state index is 11.5. The van der Waals surface area contributed by atoms with Crippen LogP contribution in [0.4, 0.5) is 17.3 Å². The van der Waals surface area contributed by atoms with Crippen molar-refractivity contribution in [1.29, 1.82) is 0 Å². The molecule has 3 rings (SSSR count). The van der Waals surface area contributed by atoms with Crippen molar-refractivity contribution < 1.29 is 8.42 Å². The van der Waals surface area contributed by atoms with E-state index < -0.39 is 9.84 Å². The molecule has 1 unspecified atom stereocenters. The minimum atomic E-state index is -2.91. The number of nitrogens with one attached hydrogen (secondary N) is 2. The summed E-state index contributed by atoms with van der Waals surface area (Å²) in [5, 5.41) is 6.39. The van der Waals surface area contributed by atoms with Gasteiger partial charge in [0, 0.05) is 22.3 Å². The van der Waals surface area contributed by atoms with Gasteiger partial charge in [-0.25, -0.2) is 18.4 Å². The predicted octanol–water partition coefficient (Wildman–Crippen LogP) is 2.89. The summed E-state index contributed by atoms with van der Waals surface area (Å²) in [5.41, 5.74) is 2.05.